The fourth-order valence-corrected chi connectivity index (χ4v) is 4.57. The Bertz CT molecular complexity index is 569. The fraction of sp³-hybridized carbons (Fsp3) is 0.600. The van der Waals surface area contributed by atoms with Gasteiger partial charge in [0.2, 0.25) is 10.0 Å². The second-order valence-electron chi connectivity index (χ2n) is 5.85. The van der Waals surface area contributed by atoms with Gasteiger partial charge in [0.15, 0.2) is 0 Å². The van der Waals surface area contributed by atoms with Crippen molar-refractivity contribution in [2.75, 3.05) is 40.3 Å². The van der Waals surface area contributed by atoms with Gasteiger partial charge in [-0.1, -0.05) is 15.9 Å². The van der Waals surface area contributed by atoms with Gasteiger partial charge in [0.1, 0.15) is 0 Å². The van der Waals surface area contributed by atoms with Crippen LogP contribution < -0.4 is 5.32 Å². The lowest BCUT2D eigenvalue weighted by Crippen LogP contribution is -2.48. The molecule has 2 rings (SSSR count). The summed E-state index contributed by atoms with van der Waals surface area (Å²) >= 11 is 3.35. The number of nitrogens with one attached hydrogen (secondary N) is 1. The van der Waals surface area contributed by atoms with E-state index in [-0.39, 0.29) is 6.04 Å². The topological polar surface area (TPSA) is 52.6 Å². The number of rotatable bonds is 6. The van der Waals surface area contributed by atoms with Crippen molar-refractivity contribution in [1.82, 2.24) is 14.5 Å². The number of benzene rings is 1. The molecule has 0 saturated carbocycles. The van der Waals surface area contributed by atoms with Crippen molar-refractivity contribution < 1.29 is 8.42 Å². The molecule has 0 bridgehead atoms. The summed E-state index contributed by atoms with van der Waals surface area (Å²) < 4.78 is 28.6. The first-order chi connectivity index (χ1) is 10.4. The molecule has 0 aromatic heterocycles. The van der Waals surface area contributed by atoms with Crippen molar-refractivity contribution in [1.29, 1.82) is 0 Å². The van der Waals surface area contributed by atoms with Crippen molar-refractivity contribution in [3.8, 4) is 0 Å². The predicted octanol–water partition coefficient (Wildman–Crippen LogP) is 1.75. The molecule has 124 valence electrons. The summed E-state index contributed by atoms with van der Waals surface area (Å²) in [4.78, 5) is 2.39. The summed E-state index contributed by atoms with van der Waals surface area (Å²) in [7, 11) is 0.475. The summed E-state index contributed by atoms with van der Waals surface area (Å²) in [5.41, 5.74) is 0. The number of halogens is 1. The van der Waals surface area contributed by atoms with E-state index < -0.39 is 10.0 Å². The summed E-state index contributed by atoms with van der Waals surface area (Å²) in [5.74, 6) is 0. The number of nitrogens with zero attached hydrogens (tertiary/aromatic N) is 2. The molecule has 7 heteroatoms. The third-order valence-corrected chi connectivity index (χ3v) is 6.40. The minimum absolute atomic E-state index is 0.0786. The predicted molar refractivity (Wildman–Crippen MR) is 92.5 cm³/mol. The average molecular weight is 390 g/mol. The van der Waals surface area contributed by atoms with Gasteiger partial charge in [0, 0.05) is 23.6 Å². The third kappa shape index (κ3) is 4.52. The highest BCUT2D eigenvalue weighted by Gasteiger charge is 2.32. The van der Waals surface area contributed by atoms with Crippen LogP contribution in [-0.4, -0.2) is 63.9 Å². The molecule has 1 aliphatic heterocycles. The van der Waals surface area contributed by atoms with E-state index >= 15 is 0 Å². The number of likely N-dealkylation sites (N-methyl/N-ethyl adjacent to an activating group) is 1. The van der Waals surface area contributed by atoms with Gasteiger partial charge in [-0.05, 0) is 64.3 Å². The molecular formula is C15H24BrN3O2S. The van der Waals surface area contributed by atoms with Crippen LogP contribution in [0.25, 0.3) is 0 Å². The zero-order valence-electron chi connectivity index (χ0n) is 13.1. The number of hydrogen-bond donors (Lipinski definition) is 1. The molecule has 0 unspecified atom stereocenters. The van der Waals surface area contributed by atoms with Crippen LogP contribution in [0.2, 0.25) is 0 Å². The molecule has 0 atom stereocenters. The van der Waals surface area contributed by atoms with Gasteiger partial charge in [-0.15, -0.1) is 0 Å². The molecule has 5 nitrogen and oxygen atoms in total. The van der Waals surface area contributed by atoms with Gasteiger partial charge >= 0.3 is 0 Å². The second kappa shape index (κ2) is 7.88. The molecule has 22 heavy (non-hydrogen) atoms. The molecule has 1 aliphatic rings. The van der Waals surface area contributed by atoms with Crippen molar-refractivity contribution in [2.45, 2.75) is 23.8 Å². The van der Waals surface area contributed by atoms with E-state index in [1.165, 1.54) is 0 Å². The normalized spacial score (nSPS) is 17.3. The van der Waals surface area contributed by atoms with Crippen LogP contribution in [0.3, 0.4) is 0 Å². The Morgan fingerprint density at radius 2 is 1.73 bits per heavy atom. The highest BCUT2D eigenvalue weighted by molar-refractivity contribution is 9.10. The molecule has 0 spiro atoms. The van der Waals surface area contributed by atoms with Crippen LogP contribution in [0.5, 0.6) is 0 Å². The molecule has 1 N–H and O–H groups in total. The maximum atomic E-state index is 13.0. The SMILES string of the molecule is CN(C)CCN(C1CCNCC1)S(=O)(=O)c1ccc(Br)cc1. The maximum absolute atomic E-state index is 13.0. The van der Waals surface area contributed by atoms with Gasteiger partial charge in [-0.3, -0.25) is 0 Å². The first kappa shape index (κ1) is 17.9. The molecule has 1 aromatic rings. The van der Waals surface area contributed by atoms with Crippen LogP contribution in [0.1, 0.15) is 12.8 Å². The Hall–Kier alpha value is -0.470. The van der Waals surface area contributed by atoms with Gasteiger partial charge in [0.05, 0.1) is 4.90 Å². The molecule has 0 amide bonds. The molecule has 1 heterocycles. The Labute approximate surface area is 141 Å². The van der Waals surface area contributed by atoms with E-state index in [0.717, 1.165) is 36.9 Å². The minimum Gasteiger partial charge on any atom is -0.317 e. The van der Waals surface area contributed by atoms with E-state index in [4.69, 9.17) is 0 Å². The van der Waals surface area contributed by atoms with Crippen molar-refractivity contribution in [3.63, 3.8) is 0 Å². The smallest absolute Gasteiger partial charge is 0.243 e. The number of sulfonamides is 1. The lowest BCUT2D eigenvalue weighted by atomic mass is 10.1. The van der Waals surface area contributed by atoms with Crippen LogP contribution >= 0.6 is 15.9 Å². The van der Waals surface area contributed by atoms with Crippen LogP contribution in [0.15, 0.2) is 33.6 Å². The van der Waals surface area contributed by atoms with Gasteiger partial charge < -0.3 is 10.2 Å². The Balaban J connectivity index is 2.26. The molecule has 1 saturated heterocycles. The van der Waals surface area contributed by atoms with E-state index in [9.17, 15) is 8.42 Å². The van der Waals surface area contributed by atoms with Crippen LogP contribution in [-0.2, 0) is 10.0 Å². The molecular weight excluding hydrogens is 366 g/mol. The largest absolute Gasteiger partial charge is 0.317 e. The van der Waals surface area contributed by atoms with Crippen LogP contribution in [0, 0.1) is 0 Å². The lowest BCUT2D eigenvalue weighted by molar-refractivity contribution is 0.240. The Kier molecular flexibility index (Phi) is 6.40. The molecule has 1 fully saturated rings. The average Bonchev–Trinajstić information content (AvgIpc) is 2.48. The lowest BCUT2D eigenvalue weighted by Gasteiger charge is -2.34. The molecule has 1 aromatic carbocycles. The van der Waals surface area contributed by atoms with E-state index in [0.29, 0.717) is 11.4 Å². The van der Waals surface area contributed by atoms with E-state index in [1.54, 1.807) is 28.6 Å². The summed E-state index contributed by atoms with van der Waals surface area (Å²) in [6, 6.07) is 6.97. The van der Waals surface area contributed by atoms with Gasteiger partial charge in [0.25, 0.3) is 0 Å². The van der Waals surface area contributed by atoms with Gasteiger partial charge in [-0.25, -0.2) is 8.42 Å². The summed E-state index contributed by atoms with van der Waals surface area (Å²) in [6.45, 7) is 2.99. The van der Waals surface area contributed by atoms with Crippen molar-refractivity contribution in [3.05, 3.63) is 28.7 Å². The first-order valence-electron chi connectivity index (χ1n) is 7.54. The van der Waals surface area contributed by atoms with Crippen molar-refractivity contribution in [2.24, 2.45) is 0 Å². The van der Waals surface area contributed by atoms with Crippen LogP contribution in [0.4, 0.5) is 0 Å². The standard InChI is InChI=1S/C15H24BrN3O2S/c1-18(2)11-12-19(14-7-9-17-10-8-14)22(20,21)15-5-3-13(16)4-6-15/h3-6,14,17H,7-12H2,1-2H3. The highest BCUT2D eigenvalue weighted by Crippen LogP contribution is 2.23. The number of piperidine rings is 1. The van der Waals surface area contributed by atoms with E-state index in [1.807, 2.05) is 19.0 Å². The fourth-order valence-electron chi connectivity index (χ4n) is 2.63. The molecule has 0 radical (unpaired) electrons. The monoisotopic (exact) mass is 389 g/mol. The number of hydrogen-bond acceptors (Lipinski definition) is 4. The van der Waals surface area contributed by atoms with Gasteiger partial charge in [-0.2, -0.15) is 4.31 Å². The first-order valence-corrected chi connectivity index (χ1v) is 9.77. The second-order valence-corrected chi connectivity index (χ2v) is 8.66. The maximum Gasteiger partial charge on any atom is 0.243 e. The summed E-state index contributed by atoms with van der Waals surface area (Å²) in [5, 5.41) is 3.30. The zero-order chi connectivity index (χ0) is 16.2. The minimum atomic E-state index is -3.46. The summed E-state index contributed by atoms with van der Waals surface area (Å²) in [6.07, 6.45) is 1.73. The molecule has 0 aliphatic carbocycles. The quantitative estimate of drug-likeness (QED) is 0.804. The zero-order valence-corrected chi connectivity index (χ0v) is 15.5. The Morgan fingerprint density at radius 3 is 2.27 bits per heavy atom. The Morgan fingerprint density at radius 1 is 1.14 bits per heavy atom. The van der Waals surface area contributed by atoms with Crippen molar-refractivity contribution >= 4 is 26.0 Å². The third-order valence-electron chi connectivity index (χ3n) is 3.90. The van der Waals surface area contributed by atoms with E-state index in [2.05, 4.69) is 21.2 Å². The highest BCUT2D eigenvalue weighted by atomic mass is 79.9.